The monoisotopic (exact) mass is 396 g/mol. The Morgan fingerprint density at radius 2 is 1.96 bits per heavy atom. The number of anilines is 1. The van der Waals surface area contributed by atoms with E-state index in [1.807, 2.05) is 6.92 Å². The Morgan fingerprint density at radius 1 is 1.23 bits per heavy atom. The molecular weight excluding hydrogens is 376 g/mol. The SMILES string of the molecule is CCC(C)NS(=O)(=O)c1cccc(C(=O)Nc2cc(Cl)ccc2OC)c1. The fourth-order valence-corrected chi connectivity index (χ4v) is 3.74. The van der Waals surface area contributed by atoms with Gasteiger partial charge in [-0.25, -0.2) is 13.1 Å². The van der Waals surface area contributed by atoms with Gasteiger partial charge in [-0.1, -0.05) is 24.6 Å². The highest BCUT2D eigenvalue weighted by molar-refractivity contribution is 7.89. The van der Waals surface area contributed by atoms with Gasteiger partial charge in [-0.3, -0.25) is 4.79 Å². The molecule has 2 rings (SSSR count). The lowest BCUT2D eigenvalue weighted by molar-refractivity contribution is 0.102. The summed E-state index contributed by atoms with van der Waals surface area (Å²) >= 11 is 5.96. The van der Waals surface area contributed by atoms with Crippen LogP contribution in [0.1, 0.15) is 30.6 Å². The Morgan fingerprint density at radius 3 is 2.62 bits per heavy atom. The van der Waals surface area contributed by atoms with E-state index in [1.54, 1.807) is 25.1 Å². The zero-order valence-corrected chi connectivity index (χ0v) is 16.3. The van der Waals surface area contributed by atoms with Gasteiger partial charge < -0.3 is 10.1 Å². The van der Waals surface area contributed by atoms with Crippen molar-refractivity contribution in [2.24, 2.45) is 0 Å². The third-order valence-corrected chi connectivity index (χ3v) is 5.61. The van der Waals surface area contributed by atoms with Crippen LogP contribution in [-0.4, -0.2) is 27.5 Å². The second-order valence-electron chi connectivity index (χ2n) is 5.76. The largest absolute Gasteiger partial charge is 0.495 e. The average molecular weight is 397 g/mol. The van der Waals surface area contributed by atoms with E-state index in [2.05, 4.69) is 10.0 Å². The number of carbonyl (C=O) groups excluding carboxylic acids is 1. The van der Waals surface area contributed by atoms with Crippen molar-refractivity contribution in [3.05, 3.63) is 53.1 Å². The number of methoxy groups -OCH3 is 1. The first kappa shape index (κ1) is 20.2. The lowest BCUT2D eigenvalue weighted by atomic mass is 10.2. The van der Waals surface area contributed by atoms with Gasteiger partial charge in [0.05, 0.1) is 17.7 Å². The van der Waals surface area contributed by atoms with Crippen LogP contribution in [0.2, 0.25) is 5.02 Å². The van der Waals surface area contributed by atoms with Gasteiger partial charge in [-0.05, 0) is 49.7 Å². The standard InChI is InChI=1S/C18H21ClN2O4S/c1-4-12(2)21-26(23,24)15-7-5-6-13(10-15)18(22)20-16-11-14(19)8-9-17(16)25-3/h5-12,21H,4H2,1-3H3,(H,20,22). The molecule has 2 N–H and O–H groups in total. The Bertz CT molecular complexity index is 900. The van der Waals surface area contributed by atoms with Gasteiger partial charge in [-0.15, -0.1) is 0 Å². The average Bonchev–Trinajstić information content (AvgIpc) is 2.61. The van der Waals surface area contributed by atoms with Crippen molar-refractivity contribution in [3.8, 4) is 5.75 Å². The van der Waals surface area contributed by atoms with E-state index in [0.29, 0.717) is 22.9 Å². The number of halogens is 1. The Labute approximate surface area is 158 Å². The number of amides is 1. The molecule has 1 atom stereocenters. The minimum Gasteiger partial charge on any atom is -0.495 e. The summed E-state index contributed by atoms with van der Waals surface area (Å²) in [5, 5.41) is 3.13. The van der Waals surface area contributed by atoms with E-state index in [9.17, 15) is 13.2 Å². The summed E-state index contributed by atoms with van der Waals surface area (Å²) in [5.74, 6) is -0.0175. The fraction of sp³-hybridized carbons (Fsp3) is 0.278. The first-order valence-corrected chi connectivity index (χ1v) is 9.90. The van der Waals surface area contributed by atoms with Crippen LogP contribution < -0.4 is 14.8 Å². The molecule has 1 unspecified atom stereocenters. The van der Waals surface area contributed by atoms with Crippen molar-refractivity contribution in [1.29, 1.82) is 0 Å². The summed E-state index contributed by atoms with van der Waals surface area (Å²) in [6.45, 7) is 3.66. The predicted molar refractivity (Wildman–Crippen MR) is 102 cm³/mol. The molecule has 0 spiro atoms. The van der Waals surface area contributed by atoms with Gasteiger partial charge in [-0.2, -0.15) is 0 Å². The zero-order valence-electron chi connectivity index (χ0n) is 14.7. The predicted octanol–water partition coefficient (Wildman–Crippen LogP) is 3.68. The molecule has 6 nitrogen and oxygen atoms in total. The molecule has 26 heavy (non-hydrogen) atoms. The number of carbonyl (C=O) groups is 1. The molecule has 140 valence electrons. The summed E-state index contributed by atoms with van der Waals surface area (Å²) in [5.41, 5.74) is 0.607. The number of benzene rings is 2. The van der Waals surface area contributed by atoms with Crippen molar-refractivity contribution < 1.29 is 17.9 Å². The third kappa shape index (κ3) is 4.97. The highest BCUT2D eigenvalue weighted by Crippen LogP contribution is 2.28. The van der Waals surface area contributed by atoms with Crippen molar-refractivity contribution in [2.45, 2.75) is 31.2 Å². The van der Waals surface area contributed by atoms with Gasteiger partial charge in [0.25, 0.3) is 5.91 Å². The minimum atomic E-state index is -3.70. The van der Waals surface area contributed by atoms with Crippen LogP contribution in [0.25, 0.3) is 0 Å². The normalized spacial score (nSPS) is 12.5. The van der Waals surface area contributed by atoms with Crippen LogP contribution >= 0.6 is 11.6 Å². The van der Waals surface area contributed by atoms with Crippen molar-refractivity contribution in [2.75, 3.05) is 12.4 Å². The summed E-state index contributed by atoms with van der Waals surface area (Å²) in [6.07, 6.45) is 0.661. The first-order chi connectivity index (χ1) is 12.3. The Balaban J connectivity index is 2.27. The Hall–Kier alpha value is -2.09. The highest BCUT2D eigenvalue weighted by Gasteiger charge is 2.18. The molecule has 0 aliphatic heterocycles. The molecule has 0 radical (unpaired) electrons. The lowest BCUT2D eigenvalue weighted by Crippen LogP contribution is -2.32. The van der Waals surface area contributed by atoms with Gasteiger partial charge in [0, 0.05) is 16.6 Å². The van der Waals surface area contributed by atoms with Crippen LogP contribution in [0.3, 0.4) is 0 Å². The maximum absolute atomic E-state index is 12.5. The molecule has 2 aromatic rings. The van der Waals surface area contributed by atoms with Crippen LogP contribution in [-0.2, 0) is 10.0 Å². The molecule has 1 amide bonds. The Kier molecular flexibility index (Phi) is 6.63. The maximum Gasteiger partial charge on any atom is 0.255 e. The van der Waals surface area contributed by atoms with E-state index in [1.165, 1.54) is 31.4 Å². The van der Waals surface area contributed by atoms with Gasteiger partial charge >= 0.3 is 0 Å². The summed E-state index contributed by atoms with van der Waals surface area (Å²) in [7, 11) is -2.22. The van der Waals surface area contributed by atoms with E-state index in [0.717, 1.165) is 0 Å². The van der Waals surface area contributed by atoms with Crippen molar-refractivity contribution >= 4 is 33.2 Å². The fourth-order valence-electron chi connectivity index (χ4n) is 2.19. The van der Waals surface area contributed by atoms with Gasteiger partial charge in [0.2, 0.25) is 10.0 Å². The van der Waals surface area contributed by atoms with E-state index in [4.69, 9.17) is 16.3 Å². The van der Waals surface area contributed by atoms with Crippen molar-refractivity contribution in [3.63, 3.8) is 0 Å². The first-order valence-electron chi connectivity index (χ1n) is 8.04. The molecule has 0 saturated carbocycles. The molecule has 0 aromatic heterocycles. The topological polar surface area (TPSA) is 84.5 Å². The summed E-state index contributed by atoms with van der Waals surface area (Å²) < 4.78 is 32.6. The van der Waals surface area contributed by atoms with E-state index >= 15 is 0 Å². The number of rotatable bonds is 7. The van der Waals surface area contributed by atoms with Crippen LogP contribution in [0.4, 0.5) is 5.69 Å². The van der Waals surface area contributed by atoms with Crippen LogP contribution in [0.15, 0.2) is 47.4 Å². The van der Waals surface area contributed by atoms with E-state index < -0.39 is 15.9 Å². The highest BCUT2D eigenvalue weighted by atomic mass is 35.5. The third-order valence-electron chi connectivity index (χ3n) is 3.78. The second-order valence-corrected chi connectivity index (χ2v) is 7.91. The van der Waals surface area contributed by atoms with Gasteiger partial charge in [0.1, 0.15) is 5.75 Å². The molecule has 0 aliphatic rings. The molecule has 8 heteroatoms. The van der Waals surface area contributed by atoms with Gasteiger partial charge in [0.15, 0.2) is 0 Å². The maximum atomic E-state index is 12.5. The molecule has 0 bridgehead atoms. The van der Waals surface area contributed by atoms with Crippen LogP contribution in [0, 0.1) is 0 Å². The molecular formula is C18H21ClN2O4S. The number of hydrogen-bond acceptors (Lipinski definition) is 4. The number of hydrogen-bond donors (Lipinski definition) is 2. The number of ether oxygens (including phenoxy) is 1. The van der Waals surface area contributed by atoms with Crippen molar-refractivity contribution in [1.82, 2.24) is 4.72 Å². The summed E-state index contributed by atoms with van der Waals surface area (Å²) in [6, 6.07) is 10.5. The molecule has 2 aromatic carbocycles. The number of nitrogens with one attached hydrogen (secondary N) is 2. The molecule has 0 saturated heterocycles. The lowest BCUT2D eigenvalue weighted by Gasteiger charge is -2.13. The second kappa shape index (κ2) is 8.53. The minimum absolute atomic E-state index is 0.0310. The zero-order chi connectivity index (χ0) is 19.3. The quantitative estimate of drug-likeness (QED) is 0.747. The number of sulfonamides is 1. The molecule has 0 aliphatic carbocycles. The van der Waals surface area contributed by atoms with Crippen LogP contribution in [0.5, 0.6) is 5.75 Å². The summed E-state index contributed by atoms with van der Waals surface area (Å²) in [4.78, 5) is 12.6. The smallest absolute Gasteiger partial charge is 0.255 e. The van der Waals surface area contributed by atoms with E-state index in [-0.39, 0.29) is 16.5 Å². The molecule has 0 fully saturated rings. The molecule has 0 heterocycles.